The zero-order chi connectivity index (χ0) is 12.8. The van der Waals surface area contributed by atoms with Gasteiger partial charge in [-0.05, 0) is 24.7 Å². The van der Waals surface area contributed by atoms with Gasteiger partial charge in [-0.25, -0.2) is 0 Å². The lowest BCUT2D eigenvalue weighted by Crippen LogP contribution is -2.40. The Hall–Kier alpha value is -1.59. The van der Waals surface area contributed by atoms with Gasteiger partial charge in [-0.1, -0.05) is 12.1 Å². The number of carboxylic acid groups (broad SMARTS) is 1. The average Bonchev–Trinajstić information content (AvgIpc) is 2.29. The largest absolute Gasteiger partial charge is 0.497 e. The molecule has 1 unspecified atom stereocenters. The summed E-state index contributed by atoms with van der Waals surface area (Å²) in [6, 6.07) is 6.79. The molecule has 17 heavy (non-hydrogen) atoms. The van der Waals surface area contributed by atoms with Gasteiger partial charge in [-0.3, -0.25) is 9.69 Å². The van der Waals surface area contributed by atoms with Gasteiger partial charge in [0, 0.05) is 13.1 Å². The van der Waals surface area contributed by atoms with Crippen LogP contribution in [0.2, 0.25) is 0 Å². The van der Waals surface area contributed by atoms with Crippen LogP contribution in [0.3, 0.4) is 0 Å². The highest BCUT2D eigenvalue weighted by Gasteiger charge is 2.13. The summed E-state index contributed by atoms with van der Waals surface area (Å²) in [5.74, 6) is -0.176. The summed E-state index contributed by atoms with van der Waals surface area (Å²) in [7, 11) is 3.46. The quantitative estimate of drug-likeness (QED) is 0.756. The van der Waals surface area contributed by atoms with Crippen molar-refractivity contribution in [3.63, 3.8) is 0 Å². The first-order valence-corrected chi connectivity index (χ1v) is 5.32. The number of hydrogen-bond donors (Lipinski definition) is 2. The number of carboxylic acids is 1. The summed E-state index contributed by atoms with van der Waals surface area (Å²) in [6.07, 6.45) is 0. The molecule has 0 spiro atoms. The Kier molecular flexibility index (Phi) is 4.93. The summed E-state index contributed by atoms with van der Waals surface area (Å²) < 4.78 is 5.06. The van der Waals surface area contributed by atoms with E-state index in [-0.39, 0.29) is 0 Å². The number of hydrogen-bond acceptors (Lipinski definition) is 4. The number of nitrogens with two attached hydrogens (primary N) is 1. The van der Waals surface area contributed by atoms with Gasteiger partial charge < -0.3 is 15.6 Å². The number of nitrogens with zero attached hydrogens (tertiary/aromatic N) is 1. The lowest BCUT2D eigenvalue weighted by atomic mass is 10.2. The summed E-state index contributed by atoms with van der Waals surface area (Å²) in [5.41, 5.74) is 6.54. The molecule has 94 valence electrons. The molecule has 0 radical (unpaired) electrons. The highest BCUT2D eigenvalue weighted by molar-refractivity contribution is 5.73. The van der Waals surface area contributed by atoms with Gasteiger partial charge >= 0.3 is 5.97 Å². The van der Waals surface area contributed by atoms with E-state index in [0.29, 0.717) is 13.1 Å². The van der Waals surface area contributed by atoms with Crippen LogP contribution in [-0.4, -0.2) is 42.7 Å². The van der Waals surface area contributed by atoms with Gasteiger partial charge in [0.1, 0.15) is 11.8 Å². The molecule has 0 amide bonds. The molecule has 1 aromatic carbocycles. The fourth-order valence-electron chi connectivity index (χ4n) is 1.52. The molecule has 5 nitrogen and oxygen atoms in total. The van der Waals surface area contributed by atoms with E-state index in [1.54, 1.807) is 7.11 Å². The predicted molar refractivity (Wildman–Crippen MR) is 64.9 cm³/mol. The van der Waals surface area contributed by atoms with Crippen LogP contribution in [0.25, 0.3) is 0 Å². The van der Waals surface area contributed by atoms with Crippen LogP contribution < -0.4 is 10.5 Å². The van der Waals surface area contributed by atoms with E-state index in [2.05, 4.69) is 0 Å². The molecule has 1 atom stereocenters. The Labute approximate surface area is 101 Å². The van der Waals surface area contributed by atoms with Gasteiger partial charge in [0.2, 0.25) is 0 Å². The van der Waals surface area contributed by atoms with Crippen LogP contribution in [0.15, 0.2) is 24.3 Å². The van der Waals surface area contributed by atoms with Crippen molar-refractivity contribution in [2.75, 3.05) is 20.7 Å². The molecule has 0 saturated heterocycles. The monoisotopic (exact) mass is 238 g/mol. The third-order valence-electron chi connectivity index (χ3n) is 2.44. The van der Waals surface area contributed by atoms with Crippen molar-refractivity contribution in [1.29, 1.82) is 0 Å². The van der Waals surface area contributed by atoms with Crippen molar-refractivity contribution < 1.29 is 14.6 Å². The van der Waals surface area contributed by atoms with E-state index in [4.69, 9.17) is 15.6 Å². The lowest BCUT2D eigenvalue weighted by Gasteiger charge is -2.19. The second-order valence-electron chi connectivity index (χ2n) is 3.99. The van der Waals surface area contributed by atoms with Gasteiger partial charge in [-0.2, -0.15) is 0 Å². The number of carbonyl (C=O) groups is 1. The molecule has 1 aromatic rings. The fourth-order valence-corrected chi connectivity index (χ4v) is 1.52. The SMILES string of the molecule is COc1ccc(CN(C)CC(N)C(=O)O)cc1. The molecular formula is C12H18N2O3. The van der Waals surface area contributed by atoms with Gasteiger partial charge in [0.15, 0.2) is 0 Å². The van der Waals surface area contributed by atoms with Crippen molar-refractivity contribution in [3.8, 4) is 5.75 Å². The number of aliphatic carboxylic acids is 1. The molecule has 0 aromatic heterocycles. The molecule has 5 heteroatoms. The first kappa shape index (κ1) is 13.5. The molecule has 0 fully saturated rings. The number of ether oxygens (including phenoxy) is 1. The second kappa shape index (κ2) is 6.22. The molecule has 0 aliphatic carbocycles. The highest BCUT2D eigenvalue weighted by atomic mass is 16.5. The van der Waals surface area contributed by atoms with E-state index in [9.17, 15) is 4.79 Å². The molecule has 0 saturated carbocycles. The van der Waals surface area contributed by atoms with Crippen LogP contribution in [0.5, 0.6) is 5.75 Å². The maximum atomic E-state index is 10.6. The van der Waals surface area contributed by atoms with Crippen molar-refractivity contribution in [2.45, 2.75) is 12.6 Å². The zero-order valence-electron chi connectivity index (χ0n) is 10.1. The first-order valence-electron chi connectivity index (χ1n) is 5.32. The van der Waals surface area contributed by atoms with E-state index in [1.165, 1.54) is 0 Å². The number of methoxy groups -OCH3 is 1. The number of rotatable bonds is 6. The smallest absolute Gasteiger partial charge is 0.321 e. The van der Waals surface area contributed by atoms with Gasteiger partial charge in [-0.15, -0.1) is 0 Å². The van der Waals surface area contributed by atoms with Crippen LogP contribution in [-0.2, 0) is 11.3 Å². The minimum Gasteiger partial charge on any atom is -0.497 e. The van der Waals surface area contributed by atoms with Gasteiger partial charge in [0.25, 0.3) is 0 Å². The minimum absolute atomic E-state index is 0.321. The Morgan fingerprint density at radius 3 is 2.53 bits per heavy atom. The summed E-state index contributed by atoms with van der Waals surface area (Å²) in [6.45, 7) is 0.979. The lowest BCUT2D eigenvalue weighted by molar-refractivity contribution is -0.138. The number of benzene rings is 1. The van der Waals surface area contributed by atoms with E-state index < -0.39 is 12.0 Å². The molecule has 0 bridgehead atoms. The first-order chi connectivity index (χ1) is 8.02. The van der Waals surface area contributed by atoms with E-state index >= 15 is 0 Å². The standard InChI is InChI=1S/C12H18N2O3/c1-14(8-11(13)12(15)16)7-9-3-5-10(17-2)6-4-9/h3-6,11H,7-8,13H2,1-2H3,(H,15,16). The minimum atomic E-state index is -0.980. The summed E-state index contributed by atoms with van der Waals surface area (Å²) in [4.78, 5) is 12.5. The molecule has 3 N–H and O–H groups in total. The Morgan fingerprint density at radius 2 is 2.06 bits per heavy atom. The highest BCUT2D eigenvalue weighted by Crippen LogP contribution is 2.12. The van der Waals surface area contributed by atoms with Crippen molar-refractivity contribution in [2.24, 2.45) is 5.73 Å². The van der Waals surface area contributed by atoms with Crippen LogP contribution in [0.1, 0.15) is 5.56 Å². The fraction of sp³-hybridized carbons (Fsp3) is 0.417. The Morgan fingerprint density at radius 1 is 1.47 bits per heavy atom. The maximum Gasteiger partial charge on any atom is 0.321 e. The van der Waals surface area contributed by atoms with E-state index in [1.807, 2.05) is 36.2 Å². The third kappa shape index (κ3) is 4.42. The normalized spacial score (nSPS) is 12.5. The van der Waals surface area contributed by atoms with E-state index in [0.717, 1.165) is 11.3 Å². The second-order valence-corrected chi connectivity index (χ2v) is 3.99. The van der Waals surface area contributed by atoms with Crippen LogP contribution in [0, 0.1) is 0 Å². The van der Waals surface area contributed by atoms with Crippen LogP contribution in [0.4, 0.5) is 0 Å². The van der Waals surface area contributed by atoms with Gasteiger partial charge in [0.05, 0.1) is 7.11 Å². The van der Waals surface area contributed by atoms with Crippen molar-refractivity contribution in [1.82, 2.24) is 4.90 Å². The van der Waals surface area contributed by atoms with Crippen molar-refractivity contribution >= 4 is 5.97 Å². The predicted octanol–water partition coefficient (Wildman–Crippen LogP) is 0.539. The Bertz CT molecular complexity index is 365. The molecule has 0 aliphatic heterocycles. The zero-order valence-corrected chi connectivity index (χ0v) is 10.1. The molecule has 0 heterocycles. The molecule has 1 rings (SSSR count). The summed E-state index contributed by atoms with van der Waals surface area (Å²) in [5, 5.41) is 8.70. The van der Waals surface area contributed by atoms with Crippen molar-refractivity contribution in [3.05, 3.63) is 29.8 Å². The molecule has 0 aliphatic rings. The average molecular weight is 238 g/mol. The third-order valence-corrected chi connectivity index (χ3v) is 2.44. The maximum absolute atomic E-state index is 10.6. The van der Waals surface area contributed by atoms with Crippen LogP contribution >= 0.6 is 0 Å². The Balaban J connectivity index is 2.49. The number of likely N-dealkylation sites (N-methyl/N-ethyl adjacent to an activating group) is 1. The topological polar surface area (TPSA) is 75.8 Å². The summed E-state index contributed by atoms with van der Waals surface area (Å²) >= 11 is 0. The molecular weight excluding hydrogens is 220 g/mol.